The van der Waals surface area contributed by atoms with Gasteiger partial charge < -0.3 is 14.9 Å². The van der Waals surface area contributed by atoms with Gasteiger partial charge in [0, 0.05) is 23.4 Å². The van der Waals surface area contributed by atoms with Gasteiger partial charge >= 0.3 is 0 Å². The number of likely N-dealkylation sites (tertiary alicyclic amines) is 2. The first-order valence-corrected chi connectivity index (χ1v) is 9.72. The summed E-state index contributed by atoms with van der Waals surface area (Å²) in [4.78, 5) is 17.1. The maximum absolute atomic E-state index is 12.9. The fourth-order valence-electron chi connectivity index (χ4n) is 4.05. The second kappa shape index (κ2) is 6.47. The number of carbonyl (C=O) groups excluding carboxylic acids is 1. The largest absolute Gasteiger partial charge is 0.387 e. The van der Waals surface area contributed by atoms with Crippen LogP contribution in [0.4, 0.5) is 0 Å². The highest BCUT2D eigenvalue weighted by Crippen LogP contribution is 2.27. The van der Waals surface area contributed by atoms with Gasteiger partial charge in [0.2, 0.25) is 0 Å². The Kier molecular flexibility index (Phi) is 4.33. The quantitative estimate of drug-likeness (QED) is 0.931. The number of carbonyl (C=O) groups is 1. The van der Waals surface area contributed by atoms with Crippen molar-refractivity contribution in [2.45, 2.75) is 31.3 Å². The van der Waals surface area contributed by atoms with E-state index >= 15 is 0 Å². The molecular weight excluding hydrogens is 320 g/mol. The Balaban J connectivity index is 1.49. The molecule has 2 saturated heterocycles. The number of benzene rings is 1. The molecule has 1 N–H and O–H groups in total. The number of rotatable bonds is 3. The Morgan fingerprint density at radius 1 is 1.17 bits per heavy atom. The summed E-state index contributed by atoms with van der Waals surface area (Å²) < 4.78 is 1.20. The minimum absolute atomic E-state index is 0.0441. The molecule has 5 heteroatoms. The summed E-state index contributed by atoms with van der Waals surface area (Å²) in [6, 6.07) is 7.96. The number of thiophene rings is 1. The molecule has 3 heterocycles. The summed E-state index contributed by atoms with van der Waals surface area (Å²) in [6.45, 7) is 4.03. The lowest BCUT2D eigenvalue weighted by Crippen LogP contribution is -2.55. The van der Waals surface area contributed by atoms with E-state index in [1.807, 2.05) is 23.1 Å². The first kappa shape index (κ1) is 16.1. The van der Waals surface area contributed by atoms with E-state index in [9.17, 15) is 9.90 Å². The summed E-state index contributed by atoms with van der Waals surface area (Å²) in [6.07, 6.45) is 4.10. The molecule has 2 aromatic rings. The Labute approximate surface area is 146 Å². The van der Waals surface area contributed by atoms with Crippen LogP contribution in [0.25, 0.3) is 10.1 Å². The molecule has 1 atom stereocenters. The van der Waals surface area contributed by atoms with Gasteiger partial charge in [-0.25, -0.2) is 0 Å². The summed E-state index contributed by atoms with van der Waals surface area (Å²) in [5.41, 5.74) is -0.0311. The van der Waals surface area contributed by atoms with Crippen LogP contribution in [0, 0.1) is 0 Å². The Hall–Kier alpha value is -1.43. The molecule has 0 saturated carbocycles. The highest BCUT2D eigenvalue weighted by atomic mass is 32.1. The van der Waals surface area contributed by atoms with E-state index in [0.717, 1.165) is 43.4 Å². The second-order valence-electron chi connectivity index (χ2n) is 7.21. The minimum Gasteiger partial charge on any atom is -0.387 e. The lowest BCUT2D eigenvalue weighted by Gasteiger charge is -2.41. The zero-order chi connectivity index (χ0) is 16.6. The number of nitrogens with zero attached hydrogens (tertiary/aromatic N) is 2. The molecule has 24 heavy (non-hydrogen) atoms. The van der Waals surface area contributed by atoms with Gasteiger partial charge in [0.25, 0.3) is 5.91 Å². The molecule has 0 bridgehead atoms. The van der Waals surface area contributed by atoms with Crippen LogP contribution in [-0.2, 0) is 0 Å². The summed E-state index contributed by atoms with van der Waals surface area (Å²) in [5.74, 6) is 0.0441. The Morgan fingerprint density at radius 3 is 2.83 bits per heavy atom. The van der Waals surface area contributed by atoms with Crippen molar-refractivity contribution in [3.63, 3.8) is 0 Å². The van der Waals surface area contributed by atoms with Crippen molar-refractivity contribution in [3.8, 4) is 0 Å². The Bertz CT molecular complexity index is 738. The number of fused-ring (bicyclic) bond motifs is 1. The van der Waals surface area contributed by atoms with E-state index in [0.29, 0.717) is 13.1 Å². The molecule has 4 nitrogen and oxygen atoms in total. The van der Waals surface area contributed by atoms with E-state index in [2.05, 4.69) is 16.3 Å². The van der Waals surface area contributed by atoms with Gasteiger partial charge in [0.1, 0.15) is 0 Å². The van der Waals surface area contributed by atoms with E-state index in [4.69, 9.17) is 0 Å². The third-order valence-corrected chi connectivity index (χ3v) is 6.16. The van der Waals surface area contributed by atoms with E-state index in [1.54, 1.807) is 11.3 Å². The molecule has 1 amide bonds. The van der Waals surface area contributed by atoms with Gasteiger partial charge in [-0.15, -0.1) is 11.3 Å². The van der Waals surface area contributed by atoms with Gasteiger partial charge in [0.15, 0.2) is 0 Å². The summed E-state index contributed by atoms with van der Waals surface area (Å²) >= 11 is 1.69. The van der Waals surface area contributed by atoms with Crippen molar-refractivity contribution in [1.29, 1.82) is 0 Å². The van der Waals surface area contributed by atoms with Gasteiger partial charge in [-0.05, 0) is 73.8 Å². The molecule has 0 aliphatic carbocycles. The van der Waals surface area contributed by atoms with Crippen molar-refractivity contribution >= 4 is 27.3 Å². The fourth-order valence-corrected chi connectivity index (χ4v) is 4.82. The molecule has 2 fully saturated rings. The number of piperidine rings is 1. The van der Waals surface area contributed by atoms with Gasteiger partial charge in [-0.1, -0.05) is 0 Å². The zero-order valence-electron chi connectivity index (χ0n) is 13.9. The molecule has 2 aliphatic rings. The molecule has 1 unspecified atom stereocenters. The van der Waals surface area contributed by atoms with Gasteiger partial charge in [-0.3, -0.25) is 4.79 Å². The smallest absolute Gasteiger partial charge is 0.253 e. The third kappa shape index (κ3) is 3.21. The van der Waals surface area contributed by atoms with Crippen molar-refractivity contribution in [1.82, 2.24) is 9.80 Å². The molecule has 2 aliphatic heterocycles. The first-order chi connectivity index (χ1) is 11.6. The minimum atomic E-state index is -0.759. The van der Waals surface area contributed by atoms with Crippen LogP contribution in [0.1, 0.15) is 36.0 Å². The average molecular weight is 344 g/mol. The molecular formula is C19H24N2O2S. The van der Waals surface area contributed by atoms with E-state index < -0.39 is 5.60 Å². The molecule has 4 rings (SSSR count). The third-order valence-electron chi connectivity index (χ3n) is 5.26. The lowest BCUT2D eigenvalue weighted by molar-refractivity contribution is -0.0431. The van der Waals surface area contributed by atoms with Crippen LogP contribution < -0.4 is 0 Å². The highest BCUT2D eigenvalue weighted by Gasteiger charge is 2.37. The monoisotopic (exact) mass is 344 g/mol. The summed E-state index contributed by atoms with van der Waals surface area (Å²) in [7, 11) is 0. The van der Waals surface area contributed by atoms with Gasteiger partial charge in [0.05, 0.1) is 12.1 Å². The predicted molar refractivity (Wildman–Crippen MR) is 97.6 cm³/mol. The molecule has 128 valence electrons. The maximum Gasteiger partial charge on any atom is 0.253 e. The number of aliphatic hydroxyl groups is 1. The topological polar surface area (TPSA) is 43.8 Å². The van der Waals surface area contributed by atoms with Crippen LogP contribution in [-0.4, -0.2) is 59.1 Å². The molecule has 1 aromatic heterocycles. The van der Waals surface area contributed by atoms with Gasteiger partial charge in [-0.2, -0.15) is 0 Å². The zero-order valence-corrected chi connectivity index (χ0v) is 14.7. The number of hydrogen-bond acceptors (Lipinski definition) is 4. The standard InChI is InChI=1S/C19H24N2O2S/c22-18(16-4-5-17-15(12-16)6-11-24-17)21-10-3-7-19(23,14-21)13-20-8-1-2-9-20/h4-6,11-12,23H,1-3,7-10,13-14H2. The lowest BCUT2D eigenvalue weighted by atomic mass is 9.91. The molecule has 1 aromatic carbocycles. The fraction of sp³-hybridized carbons (Fsp3) is 0.526. The number of hydrogen-bond donors (Lipinski definition) is 1. The predicted octanol–water partition coefficient (Wildman–Crippen LogP) is 2.96. The normalized spacial score (nSPS) is 25.5. The highest BCUT2D eigenvalue weighted by molar-refractivity contribution is 7.17. The average Bonchev–Trinajstić information content (AvgIpc) is 3.24. The van der Waals surface area contributed by atoms with Crippen LogP contribution in [0.5, 0.6) is 0 Å². The van der Waals surface area contributed by atoms with Crippen LogP contribution in [0.2, 0.25) is 0 Å². The van der Waals surface area contributed by atoms with Crippen molar-refractivity contribution in [3.05, 3.63) is 35.2 Å². The second-order valence-corrected chi connectivity index (χ2v) is 8.16. The SMILES string of the molecule is O=C(c1ccc2sccc2c1)N1CCCC(O)(CN2CCCC2)C1. The van der Waals surface area contributed by atoms with Crippen molar-refractivity contribution < 1.29 is 9.90 Å². The molecule has 0 spiro atoms. The van der Waals surface area contributed by atoms with E-state index in [1.165, 1.54) is 17.5 Å². The van der Waals surface area contributed by atoms with E-state index in [-0.39, 0.29) is 5.91 Å². The number of β-amino-alcohol motifs (C(OH)–C–C–N with tert-alkyl or cyclic N) is 1. The maximum atomic E-state index is 12.9. The van der Waals surface area contributed by atoms with Crippen LogP contribution >= 0.6 is 11.3 Å². The first-order valence-electron chi connectivity index (χ1n) is 8.84. The van der Waals surface area contributed by atoms with Crippen molar-refractivity contribution in [2.24, 2.45) is 0 Å². The van der Waals surface area contributed by atoms with Crippen molar-refractivity contribution in [2.75, 3.05) is 32.7 Å². The molecule has 0 radical (unpaired) electrons. The number of amides is 1. The van der Waals surface area contributed by atoms with Crippen LogP contribution in [0.15, 0.2) is 29.6 Å². The Morgan fingerprint density at radius 2 is 2.00 bits per heavy atom. The van der Waals surface area contributed by atoms with Crippen LogP contribution in [0.3, 0.4) is 0 Å². The summed E-state index contributed by atoms with van der Waals surface area (Å²) in [5, 5.41) is 14.2.